The van der Waals surface area contributed by atoms with E-state index < -0.39 is 11.5 Å². The largest absolute Gasteiger partial charge is 0.496 e. The first-order chi connectivity index (χ1) is 19.6. The normalized spacial score (nSPS) is 13.7. The second-order valence-corrected chi connectivity index (χ2v) is 11.3. The molecule has 1 aromatic heterocycles. The third kappa shape index (κ3) is 5.42. The maximum atomic E-state index is 13.3. The summed E-state index contributed by atoms with van der Waals surface area (Å²) in [4.78, 5) is 28.0. The van der Waals surface area contributed by atoms with Gasteiger partial charge in [0, 0.05) is 30.8 Å². The minimum Gasteiger partial charge on any atom is -0.496 e. The van der Waals surface area contributed by atoms with Crippen LogP contribution in [0.25, 0.3) is 11.1 Å². The zero-order valence-corrected chi connectivity index (χ0v) is 24.9. The van der Waals surface area contributed by atoms with Crippen LogP contribution in [0.4, 0.5) is 17.1 Å². The van der Waals surface area contributed by atoms with Crippen LogP contribution in [0, 0.1) is 0 Å². The van der Waals surface area contributed by atoms with E-state index in [-0.39, 0.29) is 5.91 Å². The van der Waals surface area contributed by atoms with Crippen molar-refractivity contribution in [3.63, 3.8) is 0 Å². The Labute approximate surface area is 247 Å². The van der Waals surface area contributed by atoms with Gasteiger partial charge in [0.05, 0.1) is 36.3 Å². The molecular weight excluding hydrogens is 562 g/mol. The van der Waals surface area contributed by atoms with Gasteiger partial charge in [0.15, 0.2) is 0 Å². The predicted molar refractivity (Wildman–Crippen MR) is 164 cm³/mol. The van der Waals surface area contributed by atoms with Crippen LogP contribution >= 0.6 is 22.9 Å². The second-order valence-electron chi connectivity index (χ2n) is 10.0. The average molecular weight is 592 g/mol. The van der Waals surface area contributed by atoms with Gasteiger partial charge in [0.25, 0.3) is 5.91 Å². The number of benzene rings is 3. The van der Waals surface area contributed by atoms with Crippen molar-refractivity contribution in [1.82, 2.24) is 0 Å². The van der Waals surface area contributed by atoms with Crippen LogP contribution in [0.1, 0.15) is 29.1 Å². The maximum absolute atomic E-state index is 13.3. The zero-order chi connectivity index (χ0) is 29.3. The number of ether oxygens (including phenoxy) is 3. The molecule has 2 heterocycles. The molecule has 2 N–H and O–H groups in total. The molecule has 212 valence electrons. The number of methoxy groups -OCH3 is 2. The summed E-state index contributed by atoms with van der Waals surface area (Å²) in [5.74, 6) is 0.940. The molecular formula is C31H30ClN3O5S. The minimum atomic E-state index is -0.759. The summed E-state index contributed by atoms with van der Waals surface area (Å²) in [5, 5.41) is 8.95. The number of fused-ring (bicyclic) bond motifs is 1. The highest BCUT2D eigenvalue weighted by atomic mass is 35.5. The standard InChI is InChI=1S/C31H30ClN3O5S/c1-31(2)30(37)35(3)27-21(17-33-23-8-6-7-9-25(23)38-4)19(12-13-24(27)34-31)20-11-10-18(16-26(20)39-5)40-29(36)28-22(32)14-15-41-28/h6-16,33-34H,17H2,1-5H3. The maximum Gasteiger partial charge on any atom is 0.355 e. The number of hydrogen-bond acceptors (Lipinski definition) is 8. The Kier molecular flexibility index (Phi) is 7.84. The van der Waals surface area contributed by atoms with Crippen LogP contribution in [-0.4, -0.2) is 38.7 Å². The van der Waals surface area contributed by atoms with Gasteiger partial charge in [-0.1, -0.05) is 29.8 Å². The number of rotatable bonds is 8. The van der Waals surface area contributed by atoms with E-state index in [1.807, 2.05) is 56.3 Å². The second kappa shape index (κ2) is 11.3. The molecule has 3 aromatic carbocycles. The predicted octanol–water partition coefficient (Wildman–Crippen LogP) is 7.08. The number of hydrogen-bond donors (Lipinski definition) is 2. The number of nitrogens with one attached hydrogen (secondary N) is 2. The highest BCUT2D eigenvalue weighted by Gasteiger charge is 2.38. The molecule has 0 saturated heterocycles. The average Bonchev–Trinajstić information content (AvgIpc) is 3.40. The Morgan fingerprint density at radius 3 is 2.46 bits per heavy atom. The van der Waals surface area contributed by atoms with E-state index in [0.29, 0.717) is 33.7 Å². The molecule has 0 unspecified atom stereocenters. The van der Waals surface area contributed by atoms with Gasteiger partial charge in [-0.25, -0.2) is 4.79 Å². The van der Waals surface area contributed by atoms with Gasteiger partial charge < -0.3 is 29.7 Å². The SMILES string of the molecule is COc1ccccc1NCc1c(-c2ccc(OC(=O)c3sccc3Cl)cc2OC)ccc2c1N(C)C(=O)C(C)(C)N2. The van der Waals surface area contributed by atoms with Crippen LogP contribution in [0.5, 0.6) is 17.2 Å². The van der Waals surface area contributed by atoms with Gasteiger partial charge in [0.1, 0.15) is 27.7 Å². The Hall–Kier alpha value is -4.21. The van der Waals surface area contributed by atoms with Crippen molar-refractivity contribution in [2.45, 2.75) is 25.9 Å². The number of amides is 1. The van der Waals surface area contributed by atoms with E-state index in [4.69, 9.17) is 25.8 Å². The summed E-state index contributed by atoms with van der Waals surface area (Å²) in [6.07, 6.45) is 0. The highest BCUT2D eigenvalue weighted by molar-refractivity contribution is 7.12. The number of thiophene rings is 1. The lowest BCUT2D eigenvalue weighted by atomic mass is 9.91. The number of carbonyl (C=O) groups excluding carboxylic acids is 2. The number of carbonyl (C=O) groups is 2. The lowest BCUT2D eigenvalue weighted by molar-refractivity contribution is -0.121. The van der Waals surface area contributed by atoms with Crippen molar-refractivity contribution in [2.75, 3.05) is 36.8 Å². The van der Waals surface area contributed by atoms with Crippen molar-refractivity contribution >= 4 is 51.9 Å². The number of para-hydroxylation sites is 2. The van der Waals surface area contributed by atoms with E-state index in [1.54, 1.807) is 49.7 Å². The van der Waals surface area contributed by atoms with Crippen LogP contribution in [-0.2, 0) is 11.3 Å². The third-order valence-corrected chi connectivity index (χ3v) is 8.26. The van der Waals surface area contributed by atoms with Crippen molar-refractivity contribution < 1.29 is 23.8 Å². The number of nitrogens with zero attached hydrogens (tertiary/aromatic N) is 1. The Balaban J connectivity index is 1.58. The molecule has 0 saturated carbocycles. The fraction of sp³-hybridized carbons (Fsp3) is 0.226. The van der Waals surface area contributed by atoms with E-state index >= 15 is 0 Å². The van der Waals surface area contributed by atoms with E-state index in [1.165, 1.54) is 11.3 Å². The first kappa shape index (κ1) is 28.3. The summed E-state index contributed by atoms with van der Waals surface area (Å²) in [6, 6.07) is 18.5. The summed E-state index contributed by atoms with van der Waals surface area (Å²) >= 11 is 7.33. The number of likely N-dealkylation sites (N-methyl/N-ethyl adjacent to an activating group) is 1. The quantitative estimate of drug-likeness (QED) is 0.167. The Morgan fingerprint density at radius 2 is 1.76 bits per heavy atom. The smallest absolute Gasteiger partial charge is 0.355 e. The van der Waals surface area contributed by atoms with Gasteiger partial charge in [-0.05, 0) is 61.2 Å². The molecule has 10 heteroatoms. The van der Waals surface area contributed by atoms with Crippen LogP contribution < -0.4 is 29.7 Å². The van der Waals surface area contributed by atoms with E-state index in [9.17, 15) is 9.59 Å². The monoisotopic (exact) mass is 591 g/mol. The molecule has 0 aliphatic carbocycles. The highest BCUT2D eigenvalue weighted by Crippen LogP contribution is 2.45. The van der Waals surface area contributed by atoms with Crippen LogP contribution in [0.3, 0.4) is 0 Å². The molecule has 8 nitrogen and oxygen atoms in total. The molecule has 0 fully saturated rings. The molecule has 4 aromatic rings. The zero-order valence-electron chi connectivity index (χ0n) is 23.3. The molecule has 1 amide bonds. The first-order valence-electron chi connectivity index (χ1n) is 12.9. The molecule has 1 aliphatic rings. The molecule has 41 heavy (non-hydrogen) atoms. The fourth-order valence-corrected chi connectivity index (χ4v) is 5.99. The molecule has 0 radical (unpaired) electrons. The summed E-state index contributed by atoms with van der Waals surface area (Å²) in [5.41, 5.74) is 4.16. The lowest BCUT2D eigenvalue weighted by Crippen LogP contribution is -2.52. The minimum absolute atomic E-state index is 0.0536. The third-order valence-electron chi connectivity index (χ3n) is 6.94. The summed E-state index contributed by atoms with van der Waals surface area (Å²) in [7, 11) is 4.97. The Morgan fingerprint density at radius 1 is 1.02 bits per heavy atom. The van der Waals surface area contributed by atoms with Gasteiger partial charge in [-0.2, -0.15) is 0 Å². The van der Waals surface area contributed by atoms with Crippen LogP contribution in [0.15, 0.2) is 66.0 Å². The summed E-state index contributed by atoms with van der Waals surface area (Å²) < 4.78 is 16.9. The van der Waals surface area contributed by atoms with Gasteiger partial charge in [-0.15, -0.1) is 11.3 Å². The lowest BCUT2D eigenvalue weighted by Gasteiger charge is -2.40. The van der Waals surface area contributed by atoms with Crippen molar-refractivity contribution in [2.24, 2.45) is 0 Å². The first-order valence-corrected chi connectivity index (χ1v) is 14.1. The molecule has 0 atom stereocenters. The van der Waals surface area contributed by atoms with Crippen molar-refractivity contribution in [3.8, 4) is 28.4 Å². The van der Waals surface area contributed by atoms with Gasteiger partial charge >= 0.3 is 5.97 Å². The van der Waals surface area contributed by atoms with Crippen LogP contribution in [0.2, 0.25) is 5.02 Å². The molecule has 1 aliphatic heterocycles. The molecule has 0 bridgehead atoms. The van der Waals surface area contributed by atoms with Crippen molar-refractivity contribution in [3.05, 3.63) is 81.5 Å². The number of halogens is 1. The van der Waals surface area contributed by atoms with Gasteiger partial charge in [0.2, 0.25) is 0 Å². The summed E-state index contributed by atoms with van der Waals surface area (Å²) in [6.45, 7) is 4.11. The molecule has 0 spiro atoms. The number of esters is 1. The van der Waals surface area contributed by atoms with E-state index in [2.05, 4.69) is 10.6 Å². The number of anilines is 3. The Bertz CT molecular complexity index is 1630. The van der Waals surface area contributed by atoms with E-state index in [0.717, 1.165) is 33.8 Å². The van der Waals surface area contributed by atoms with Gasteiger partial charge in [-0.3, -0.25) is 4.79 Å². The molecule has 5 rings (SSSR count). The topological polar surface area (TPSA) is 89.1 Å². The van der Waals surface area contributed by atoms with Crippen molar-refractivity contribution in [1.29, 1.82) is 0 Å². The fourth-order valence-electron chi connectivity index (χ4n) is 4.99.